The summed E-state index contributed by atoms with van der Waals surface area (Å²) in [6.45, 7) is 3.37. The van der Waals surface area contributed by atoms with Gasteiger partial charge in [0, 0.05) is 19.2 Å². The predicted octanol–water partition coefficient (Wildman–Crippen LogP) is 2.37. The first-order chi connectivity index (χ1) is 11.1. The maximum atomic E-state index is 12.0. The fraction of sp³-hybridized carbons (Fsp3) is 0.389. The van der Waals surface area contributed by atoms with Crippen LogP contribution in [0.4, 0.5) is 0 Å². The molecule has 0 unspecified atom stereocenters. The summed E-state index contributed by atoms with van der Waals surface area (Å²) >= 11 is 0. The van der Waals surface area contributed by atoms with Crippen molar-refractivity contribution in [3.05, 3.63) is 41.5 Å². The first kappa shape index (κ1) is 16.8. The number of hydrogen-bond acceptors (Lipinski definition) is 4. The number of rotatable bonds is 4. The minimum atomic E-state index is -0.548. The Labute approximate surface area is 136 Å². The molecule has 0 aromatic heterocycles. The zero-order chi connectivity index (χ0) is 16.7. The molecule has 0 aliphatic carbocycles. The van der Waals surface area contributed by atoms with Crippen molar-refractivity contribution >= 4 is 18.0 Å². The molecule has 1 amide bonds. The molecule has 0 N–H and O–H groups in total. The van der Waals surface area contributed by atoms with Gasteiger partial charge in [-0.3, -0.25) is 4.79 Å². The number of ether oxygens (including phenoxy) is 1. The minimum absolute atomic E-state index is 0.142. The summed E-state index contributed by atoms with van der Waals surface area (Å²) in [6, 6.07) is 8.85. The van der Waals surface area contributed by atoms with Crippen LogP contribution in [0.15, 0.2) is 30.3 Å². The number of nitrogens with zero attached hydrogens (tertiary/aromatic N) is 2. The number of carbonyl (C=O) groups is 2. The Morgan fingerprint density at radius 2 is 2.13 bits per heavy atom. The largest absolute Gasteiger partial charge is 0.452 e. The molecule has 1 heterocycles. The van der Waals surface area contributed by atoms with Crippen molar-refractivity contribution in [3.63, 3.8) is 0 Å². The number of likely N-dealkylation sites (tertiary alicyclic amines) is 1. The third-order valence-electron chi connectivity index (χ3n) is 3.80. The normalized spacial score (nSPS) is 17.7. The van der Waals surface area contributed by atoms with Crippen molar-refractivity contribution in [2.24, 2.45) is 5.92 Å². The third kappa shape index (κ3) is 5.26. The van der Waals surface area contributed by atoms with Gasteiger partial charge in [0.2, 0.25) is 0 Å². The Bertz CT molecular complexity index is 629. The van der Waals surface area contributed by atoms with Gasteiger partial charge in [-0.25, -0.2) is 4.79 Å². The summed E-state index contributed by atoms with van der Waals surface area (Å²) in [5, 5.41) is 8.71. The maximum absolute atomic E-state index is 12.0. The van der Waals surface area contributed by atoms with Gasteiger partial charge in [0.25, 0.3) is 5.91 Å². The van der Waals surface area contributed by atoms with Gasteiger partial charge in [-0.1, -0.05) is 19.1 Å². The van der Waals surface area contributed by atoms with Gasteiger partial charge in [-0.05, 0) is 42.5 Å². The number of piperidine rings is 1. The van der Waals surface area contributed by atoms with Gasteiger partial charge in [0.05, 0.1) is 11.6 Å². The standard InChI is InChI=1S/C18H20N2O3/c1-14-3-2-10-20(12-14)17(21)13-23-18(22)9-8-15-4-6-16(11-19)7-5-15/h4-9,14H,2-3,10,12-13H2,1H3/b9-8+/t14-/m1/s1. The monoisotopic (exact) mass is 312 g/mol. The Balaban J connectivity index is 1.79. The van der Waals surface area contributed by atoms with Crippen LogP contribution in [0.25, 0.3) is 6.08 Å². The summed E-state index contributed by atoms with van der Waals surface area (Å²) < 4.78 is 4.99. The van der Waals surface area contributed by atoms with Gasteiger partial charge in [0.15, 0.2) is 6.61 Å². The second kappa shape index (κ2) is 8.14. The van der Waals surface area contributed by atoms with Crippen LogP contribution < -0.4 is 0 Å². The Morgan fingerprint density at radius 3 is 2.78 bits per heavy atom. The summed E-state index contributed by atoms with van der Waals surface area (Å²) in [7, 11) is 0. The van der Waals surface area contributed by atoms with Crippen molar-refractivity contribution in [3.8, 4) is 6.07 Å². The number of esters is 1. The number of carbonyl (C=O) groups excluding carboxylic acids is 2. The highest BCUT2D eigenvalue weighted by Gasteiger charge is 2.21. The molecule has 2 rings (SSSR count). The van der Waals surface area contributed by atoms with E-state index in [4.69, 9.17) is 10.00 Å². The van der Waals surface area contributed by atoms with Crippen LogP contribution in [0.3, 0.4) is 0 Å². The Kier molecular flexibility index (Phi) is 5.93. The second-order valence-electron chi connectivity index (χ2n) is 5.76. The summed E-state index contributed by atoms with van der Waals surface area (Å²) in [4.78, 5) is 25.4. The van der Waals surface area contributed by atoms with E-state index in [0.29, 0.717) is 11.5 Å². The topological polar surface area (TPSA) is 70.4 Å². The zero-order valence-corrected chi connectivity index (χ0v) is 13.2. The first-order valence-corrected chi connectivity index (χ1v) is 7.71. The lowest BCUT2D eigenvalue weighted by atomic mass is 10.0. The molecule has 1 atom stereocenters. The van der Waals surface area contributed by atoms with Gasteiger partial charge in [-0.2, -0.15) is 5.26 Å². The fourth-order valence-electron chi connectivity index (χ4n) is 2.52. The number of benzene rings is 1. The molecule has 1 aromatic rings. The zero-order valence-electron chi connectivity index (χ0n) is 13.2. The smallest absolute Gasteiger partial charge is 0.331 e. The molecule has 23 heavy (non-hydrogen) atoms. The molecule has 120 valence electrons. The van der Waals surface area contributed by atoms with E-state index in [0.717, 1.165) is 31.5 Å². The summed E-state index contributed by atoms with van der Waals surface area (Å²) in [6.07, 6.45) is 5.01. The maximum Gasteiger partial charge on any atom is 0.331 e. The third-order valence-corrected chi connectivity index (χ3v) is 3.80. The van der Waals surface area contributed by atoms with E-state index in [1.54, 1.807) is 35.2 Å². The highest BCUT2D eigenvalue weighted by atomic mass is 16.5. The van der Waals surface area contributed by atoms with E-state index < -0.39 is 5.97 Å². The van der Waals surface area contributed by atoms with Gasteiger partial charge in [0.1, 0.15) is 0 Å². The first-order valence-electron chi connectivity index (χ1n) is 7.71. The van der Waals surface area contributed by atoms with E-state index in [-0.39, 0.29) is 12.5 Å². The molecule has 0 spiro atoms. The van der Waals surface area contributed by atoms with Crippen molar-refractivity contribution in [1.29, 1.82) is 5.26 Å². The van der Waals surface area contributed by atoms with Crippen molar-refractivity contribution < 1.29 is 14.3 Å². The van der Waals surface area contributed by atoms with E-state index >= 15 is 0 Å². The second-order valence-corrected chi connectivity index (χ2v) is 5.76. The van der Waals surface area contributed by atoms with E-state index in [2.05, 4.69) is 6.92 Å². The quantitative estimate of drug-likeness (QED) is 0.632. The lowest BCUT2D eigenvalue weighted by Crippen LogP contribution is -2.41. The fourth-order valence-corrected chi connectivity index (χ4v) is 2.52. The SMILES string of the molecule is C[C@@H]1CCCN(C(=O)COC(=O)/C=C/c2ccc(C#N)cc2)C1. The average molecular weight is 312 g/mol. The van der Waals surface area contributed by atoms with Crippen LogP contribution in [0.2, 0.25) is 0 Å². The molecule has 1 aromatic carbocycles. The molecule has 1 aliphatic heterocycles. The Hall–Kier alpha value is -2.61. The van der Waals surface area contributed by atoms with Crippen molar-refractivity contribution in [1.82, 2.24) is 4.90 Å². The van der Waals surface area contributed by atoms with E-state index in [1.807, 2.05) is 6.07 Å². The molecule has 1 saturated heterocycles. The number of amides is 1. The highest BCUT2D eigenvalue weighted by Crippen LogP contribution is 2.15. The highest BCUT2D eigenvalue weighted by molar-refractivity contribution is 5.89. The van der Waals surface area contributed by atoms with Crippen LogP contribution in [-0.2, 0) is 14.3 Å². The molecular weight excluding hydrogens is 292 g/mol. The number of hydrogen-bond donors (Lipinski definition) is 0. The Morgan fingerprint density at radius 1 is 1.39 bits per heavy atom. The van der Waals surface area contributed by atoms with Crippen molar-refractivity contribution in [2.75, 3.05) is 19.7 Å². The lowest BCUT2D eigenvalue weighted by Gasteiger charge is -2.30. The molecule has 0 bridgehead atoms. The average Bonchev–Trinajstić information content (AvgIpc) is 2.58. The molecule has 0 saturated carbocycles. The summed E-state index contributed by atoms with van der Waals surface area (Å²) in [5.41, 5.74) is 1.35. The number of nitriles is 1. The van der Waals surface area contributed by atoms with E-state index in [1.165, 1.54) is 6.08 Å². The van der Waals surface area contributed by atoms with E-state index in [9.17, 15) is 9.59 Å². The van der Waals surface area contributed by atoms with Crippen LogP contribution in [0.1, 0.15) is 30.9 Å². The van der Waals surface area contributed by atoms with Crippen LogP contribution in [0, 0.1) is 17.2 Å². The van der Waals surface area contributed by atoms with Crippen molar-refractivity contribution in [2.45, 2.75) is 19.8 Å². The van der Waals surface area contributed by atoms with Crippen LogP contribution in [-0.4, -0.2) is 36.5 Å². The molecule has 5 nitrogen and oxygen atoms in total. The van der Waals surface area contributed by atoms with Gasteiger partial charge >= 0.3 is 5.97 Å². The molecule has 1 fully saturated rings. The molecule has 0 radical (unpaired) electrons. The van der Waals surface area contributed by atoms with Gasteiger partial charge < -0.3 is 9.64 Å². The van der Waals surface area contributed by atoms with Crippen LogP contribution in [0.5, 0.6) is 0 Å². The van der Waals surface area contributed by atoms with Crippen LogP contribution >= 0.6 is 0 Å². The predicted molar refractivity (Wildman–Crippen MR) is 86.1 cm³/mol. The minimum Gasteiger partial charge on any atom is -0.452 e. The molecule has 5 heteroatoms. The molecular formula is C18H20N2O3. The molecule has 1 aliphatic rings. The summed E-state index contributed by atoms with van der Waals surface area (Å²) in [5.74, 6) is -0.191. The lowest BCUT2D eigenvalue weighted by molar-refractivity contribution is -0.149. The van der Waals surface area contributed by atoms with Gasteiger partial charge in [-0.15, -0.1) is 0 Å².